The highest BCUT2D eigenvalue weighted by Gasteiger charge is 2.27. The molecule has 1 saturated heterocycles. The van der Waals surface area contributed by atoms with Crippen molar-refractivity contribution in [1.29, 1.82) is 0 Å². The number of thiazole rings is 1. The van der Waals surface area contributed by atoms with E-state index < -0.39 is 0 Å². The molecule has 100 valence electrons. The van der Waals surface area contributed by atoms with Crippen LogP contribution >= 0.6 is 11.3 Å². The maximum absolute atomic E-state index is 12.4. The Balaban J connectivity index is 1.73. The molecule has 3 rings (SSSR count). The van der Waals surface area contributed by atoms with Gasteiger partial charge in [0.1, 0.15) is 5.69 Å². The summed E-state index contributed by atoms with van der Waals surface area (Å²) in [5, 5.41) is 7.32. The largest absolute Gasteiger partial charge is 0.337 e. The molecule has 5 nitrogen and oxygen atoms in total. The van der Waals surface area contributed by atoms with Gasteiger partial charge in [-0.05, 0) is 18.9 Å². The van der Waals surface area contributed by atoms with E-state index in [9.17, 15) is 4.79 Å². The summed E-state index contributed by atoms with van der Waals surface area (Å²) in [6.07, 6.45) is 5.78. The zero-order valence-corrected chi connectivity index (χ0v) is 11.6. The molecule has 0 N–H and O–H groups in total. The number of rotatable bonds is 2. The van der Waals surface area contributed by atoms with Crippen LogP contribution in [0.1, 0.15) is 34.3 Å². The van der Waals surface area contributed by atoms with Crippen molar-refractivity contribution in [2.75, 3.05) is 13.1 Å². The maximum Gasteiger partial charge on any atom is 0.274 e. The van der Waals surface area contributed by atoms with E-state index in [1.54, 1.807) is 28.3 Å². The first-order valence-corrected chi connectivity index (χ1v) is 7.30. The monoisotopic (exact) mass is 276 g/mol. The molecule has 1 fully saturated rings. The second-order valence-electron chi connectivity index (χ2n) is 4.84. The van der Waals surface area contributed by atoms with Crippen molar-refractivity contribution in [2.45, 2.75) is 18.8 Å². The minimum atomic E-state index is 0.0295. The molecular formula is C13H16N4OS. The lowest BCUT2D eigenvalue weighted by atomic mass is 9.98. The standard InChI is InChI=1S/C13H16N4OS/c1-16-7-4-11(15-16)13(18)17-6-2-3-10(9-17)12-14-5-8-19-12/h4-5,7-8,10H,2-3,6,9H2,1H3/t10-/m1/s1. The van der Waals surface area contributed by atoms with Gasteiger partial charge in [0.2, 0.25) is 0 Å². The zero-order chi connectivity index (χ0) is 13.2. The molecule has 6 heteroatoms. The lowest BCUT2D eigenvalue weighted by Crippen LogP contribution is -2.39. The molecule has 3 heterocycles. The minimum absolute atomic E-state index is 0.0295. The van der Waals surface area contributed by atoms with Gasteiger partial charge in [0, 0.05) is 43.8 Å². The van der Waals surface area contributed by atoms with Gasteiger partial charge in [-0.2, -0.15) is 5.10 Å². The molecule has 0 aliphatic carbocycles. The summed E-state index contributed by atoms with van der Waals surface area (Å²) < 4.78 is 1.66. The first-order chi connectivity index (χ1) is 9.24. The zero-order valence-electron chi connectivity index (χ0n) is 10.8. The summed E-state index contributed by atoms with van der Waals surface area (Å²) in [5.74, 6) is 0.406. The summed E-state index contributed by atoms with van der Waals surface area (Å²) in [7, 11) is 1.82. The molecule has 2 aromatic heterocycles. The smallest absolute Gasteiger partial charge is 0.274 e. The predicted molar refractivity (Wildman–Crippen MR) is 73.2 cm³/mol. The molecule has 1 aliphatic heterocycles. The molecule has 0 bridgehead atoms. The first kappa shape index (κ1) is 12.3. The molecule has 1 amide bonds. The number of likely N-dealkylation sites (tertiary alicyclic amines) is 1. The fourth-order valence-electron chi connectivity index (χ4n) is 2.49. The van der Waals surface area contributed by atoms with Crippen molar-refractivity contribution in [2.24, 2.45) is 7.05 Å². The lowest BCUT2D eigenvalue weighted by molar-refractivity contribution is 0.0700. The Labute approximate surface area is 115 Å². The van der Waals surface area contributed by atoms with Gasteiger partial charge in [0.25, 0.3) is 5.91 Å². The first-order valence-electron chi connectivity index (χ1n) is 6.42. The van der Waals surface area contributed by atoms with Crippen LogP contribution in [-0.4, -0.2) is 38.7 Å². The van der Waals surface area contributed by atoms with Crippen LogP contribution in [0, 0.1) is 0 Å². The maximum atomic E-state index is 12.4. The van der Waals surface area contributed by atoms with E-state index in [1.807, 2.05) is 23.5 Å². The minimum Gasteiger partial charge on any atom is -0.337 e. The predicted octanol–water partition coefficient (Wildman–Crippen LogP) is 1.90. The van der Waals surface area contributed by atoms with Crippen LogP contribution in [0.5, 0.6) is 0 Å². The lowest BCUT2D eigenvalue weighted by Gasteiger charge is -2.31. The second-order valence-corrected chi connectivity index (χ2v) is 5.76. The van der Waals surface area contributed by atoms with Gasteiger partial charge in [-0.25, -0.2) is 4.98 Å². The number of carbonyl (C=O) groups excluding carboxylic acids is 1. The highest BCUT2D eigenvalue weighted by molar-refractivity contribution is 7.09. The molecular weight excluding hydrogens is 260 g/mol. The van der Waals surface area contributed by atoms with Gasteiger partial charge in [-0.1, -0.05) is 0 Å². The van der Waals surface area contributed by atoms with Crippen molar-refractivity contribution >= 4 is 17.2 Å². The van der Waals surface area contributed by atoms with E-state index in [4.69, 9.17) is 0 Å². The van der Waals surface area contributed by atoms with E-state index >= 15 is 0 Å². The van der Waals surface area contributed by atoms with Crippen LogP contribution < -0.4 is 0 Å². The number of aryl methyl sites for hydroxylation is 1. The third kappa shape index (κ3) is 2.53. The van der Waals surface area contributed by atoms with Crippen molar-refractivity contribution in [3.63, 3.8) is 0 Å². The van der Waals surface area contributed by atoms with Gasteiger partial charge in [0.05, 0.1) is 5.01 Å². The van der Waals surface area contributed by atoms with Crippen LogP contribution in [0.15, 0.2) is 23.8 Å². The van der Waals surface area contributed by atoms with E-state index in [1.165, 1.54) is 0 Å². The van der Waals surface area contributed by atoms with Crippen LogP contribution in [0.25, 0.3) is 0 Å². The Morgan fingerprint density at radius 2 is 2.42 bits per heavy atom. The van der Waals surface area contributed by atoms with Crippen LogP contribution in [0.3, 0.4) is 0 Å². The Hall–Kier alpha value is -1.69. The second kappa shape index (κ2) is 5.13. The molecule has 2 aromatic rings. The third-order valence-electron chi connectivity index (χ3n) is 3.44. The van der Waals surface area contributed by atoms with E-state index in [0.717, 1.165) is 30.9 Å². The van der Waals surface area contributed by atoms with Gasteiger partial charge < -0.3 is 4.90 Å². The SMILES string of the molecule is Cn1ccc(C(=O)N2CCC[C@@H](c3nccs3)C2)n1. The average molecular weight is 276 g/mol. The van der Waals surface area contributed by atoms with E-state index in [-0.39, 0.29) is 5.91 Å². The van der Waals surface area contributed by atoms with Gasteiger partial charge in [0.15, 0.2) is 0 Å². The molecule has 1 aliphatic rings. The van der Waals surface area contributed by atoms with Crippen LogP contribution in [-0.2, 0) is 7.05 Å². The molecule has 19 heavy (non-hydrogen) atoms. The molecule has 0 radical (unpaired) electrons. The number of aromatic nitrogens is 3. The van der Waals surface area contributed by atoms with Crippen molar-refractivity contribution < 1.29 is 4.79 Å². The summed E-state index contributed by atoms with van der Waals surface area (Å²) in [5.41, 5.74) is 0.530. The molecule has 0 saturated carbocycles. The molecule has 0 aromatic carbocycles. The number of piperidine rings is 1. The number of amides is 1. The number of hydrogen-bond donors (Lipinski definition) is 0. The van der Waals surface area contributed by atoms with Crippen LogP contribution in [0.2, 0.25) is 0 Å². The van der Waals surface area contributed by atoms with Crippen molar-refractivity contribution in [1.82, 2.24) is 19.7 Å². The quantitative estimate of drug-likeness (QED) is 0.841. The van der Waals surface area contributed by atoms with Crippen molar-refractivity contribution in [3.8, 4) is 0 Å². The fraction of sp³-hybridized carbons (Fsp3) is 0.462. The Bertz CT molecular complexity index is 563. The Morgan fingerprint density at radius 3 is 3.11 bits per heavy atom. The van der Waals surface area contributed by atoms with Crippen LogP contribution in [0.4, 0.5) is 0 Å². The summed E-state index contributed by atoms with van der Waals surface area (Å²) >= 11 is 1.67. The Morgan fingerprint density at radius 1 is 1.53 bits per heavy atom. The third-order valence-corrected chi connectivity index (χ3v) is 4.38. The number of hydrogen-bond acceptors (Lipinski definition) is 4. The molecule has 0 spiro atoms. The summed E-state index contributed by atoms with van der Waals surface area (Å²) in [6.45, 7) is 1.57. The van der Waals surface area contributed by atoms with Gasteiger partial charge >= 0.3 is 0 Å². The topological polar surface area (TPSA) is 51.0 Å². The van der Waals surface area contributed by atoms with Crippen molar-refractivity contribution in [3.05, 3.63) is 34.5 Å². The summed E-state index contributed by atoms with van der Waals surface area (Å²) in [6, 6.07) is 1.77. The number of nitrogens with zero attached hydrogens (tertiary/aromatic N) is 4. The van der Waals surface area contributed by atoms with E-state index in [2.05, 4.69) is 10.1 Å². The molecule has 0 unspecified atom stereocenters. The van der Waals surface area contributed by atoms with Gasteiger partial charge in [-0.15, -0.1) is 11.3 Å². The normalized spacial score (nSPS) is 19.6. The molecule has 1 atom stereocenters. The highest BCUT2D eigenvalue weighted by atomic mass is 32.1. The average Bonchev–Trinajstić information content (AvgIpc) is 3.09. The fourth-order valence-corrected chi connectivity index (χ4v) is 3.26. The summed E-state index contributed by atoms with van der Waals surface area (Å²) in [4.78, 5) is 18.6. The highest BCUT2D eigenvalue weighted by Crippen LogP contribution is 2.28. The number of carbonyl (C=O) groups is 1. The van der Waals surface area contributed by atoms with E-state index in [0.29, 0.717) is 11.6 Å². The van der Waals surface area contributed by atoms with Gasteiger partial charge in [-0.3, -0.25) is 9.48 Å². The Kier molecular flexibility index (Phi) is 3.33.